The Balaban J connectivity index is 3.91. The lowest BCUT2D eigenvalue weighted by atomic mass is 10.7. The first kappa shape index (κ1) is 5.61. The lowest BCUT2D eigenvalue weighted by Gasteiger charge is -1.61. The van der Waals surface area contributed by atoms with Crippen molar-refractivity contribution >= 4 is 12.0 Å². The highest BCUT2D eigenvalue weighted by molar-refractivity contribution is 5.96. The second kappa shape index (κ2) is 2.83. The fourth-order valence-corrected chi connectivity index (χ4v) is 0.0737. The molecule has 0 aromatic heterocycles. The van der Waals surface area contributed by atoms with Crippen molar-refractivity contribution in [2.24, 2.45) is 4.99 Å². The number of rotatable bonds is 0. The van der Waals surface area contributed by atoms with Gasteiger partial charge in [-0.1, -0.05) is 0 Å². The zero-order chi connectivity index (χ0) is 5.70. The Morgan fingerprint density at radius 2 is 2.29 bits per heavy atom. The molecule has 0 atom stereocenters. The molecule has 0 aliphatic rings. The number of terminal acetylenes is 1. The van der Waals surface area contributed by atoms with Gasteiger partial charge in [0.25, 0.3) is 0 Å². The maximum atomic E-state index is 9.75. The van der Waals surface area contributed by atoms with Crippen molar-refractivity contribution in [1.82, 2.24) is 0 Å². The Bertz CT molecular complexity index is 159. The van der Waals surface area contributed by atoms with E-state index in [1.54, 1.807) is 5.92 Å². The predicted molar refractivity (Wildman–Crippen MR) is 22.0 cm³/mol. The quantitative estimate of drug-likeness (QED) is 0.231. The van der Waals surface area contributed by atoms with E-state index in [0.29, 0.717) is 0 Å². The number of carbonyl (C=O) groups excluding carboxylic acids is 2. The van der Waals surface area contributed by atoms with E-state index in [-0.39, 0.29) is 0 Å². The Morgan fingerprint density at radius 1 is 1.71 bits per heavy atom. The number of amides is 1. The largest absolute Gasteiger partial charge is 0.332 e. The monoisotopic (exact) mass is 95.0 g/mol. The Labute approximate surface area is 40.1 Å². The average Bonchev–Trinajstić information content (AvgIpc) is 1.68. The molecule has 0 aromatic rings. The number of carbonyl (C=O) groups is 1. The van der Waals surface area contributed by atoms with E-state index in [1.165, 1.54) is 0 Å². The predicted octanol–water partition coefficient (Wildman–Crippen LogP) is -0.518. The molecule has 0 spiro atoms. The molecule has 0 saturated heterocycles. The minimum absolute atomic E-state index is 0.894. The van der Waals surface area contributed by atoms with E-state index in [9.17, 15) is 4.79 Å². The summed E-state index contributed by atoms with van der Waals surface area (Å²) in [4.78, 5) is 21.5. The van der Waals surface area contributed by atoms with Crippen molar-refractivity contribution in [3.05, 3.63) is 0 Å². The lowest BCUT2D eigenvalue weighted by molar-refractivity contribution is -0.112. The van der Waals surface area contributed by atoms with Gasteiger partial charge in [0.2, 0.25) is 6.08 Å². The van der Waals surface area contributed by atoms with Crippen LogP contribution in [0.3, 0.4) is 0 Å². The molecule has 0 radical (unpaired) electrons. The van der Waals surface area contributed by atoms with Crippen LogP contribution >= 0.6 is 0 Å². The number of hydrogen-bond acceptors (Lipinski definition) is 2. The van der Waals surface area contributed by atoms with Gasteiger partial charge in [0, 0.05) is 0 Å². The van der Waals surface area contributed by atoms with E-state index < -0.39 is 5.91 Å². The summed E-state index contributed by atoms with van der Waals surface area (Å²) in [6.45, 7) is 0. The highest BCUT2D eigenvalue weighted by Gasteiger charge is 1.82. The highest BCUT2D eigenvalue weighted by Crippen LogP contribution is 1.62. The first-order valence-electron chi connectivity index (χ1n) is 1.39. The van der Waals surface area contributed by atoms with Crippen molar-refractivity contribution in [2.45, 2.75) is 0 Å². The molecule has 1 amide bonds. The van der Waals surface area contributed by atoms with Crippen molar-refractivity contribution in [1.29, 1.82) is 0 Å². The van der Waals surface area contributed by atoms with Crippen molar-refractivity contribution in [3.63, 3.8) is 0 Å². The number of hydrogen-bond donors (Lipinski definition) is 0. The van der Waals surface area contributed by atoms with Crippen LogP contribution in [-0.2, 0) is 9.59 Å². The van der Waals surface area contributed by atoms with Gasteiger partial charge in [-0.3, -0.25) is 4.79 Å². The van der Waals surface area contributed by atoms with Crippen LogP contribution in [0.15, 0.2) is 4.99 Å². The van der Waals surface area contributed by atoms with Crippen LogP contribution < -0.4 is 0 Å². The van der Waals surface area contributed by atoms with Gasteiger partial charge < -0.3 is 0 Å². The SMILES string of the molecule is C#CC(=O)N=C=O. The summed E-state index contributed by atoms with van der Waals surface area (Å²) in [5.41, 5.74) is 0. The molecule has 0 bridgehead atoms. The second-order valence-electron chi connectivity index (χ2n) is 0.653. The van der Waals surface area contributed by atoms with Crippen LogP contribution in [0.2, 0.25) is 0 Å². The molecule has 0 saturated carbocycles. The number of isocyanates is 1. The van der Waals surface area contributed by atoms with Crippen molar-refractivity contribution < 1.29 is 9.59 Å². The van der Waals surface area contributed by atoms with Crippen LogP contribution in [0.4, 0.5) is 0 Å². The molecule has 0 heterocycles. The molecular weight excluding hydrogens is 94.0 g/mol. The molecule has 34 valence electrons. The molecule has 3 heteroatoms. The van der Waals surface area contributed by atoms with Crippen LogP contribution in [-0.4, -0.2) is 12.0 Å². The van der Waals surface area contributed by atoms with Crippen LogP contribution in [0.1, 0.15) is 0 Å². The maximum absolute atomic E-state index is 9.75. The Morgan fingerprint density at radius 3 is 2.43 bits per heavy atom. The lowest BCUT2D eigenvalue weighted by Crippen LogP contribution is -1.82. The molecule has 0 fully saturated rings. The summed E-state index contributed by atoms with van der Waals surface area (Å²) < 4.78 is 0. The maximum Gasteiger partial charge on any atom is 0.332 e. The third-order valence-electron chi connectivity index (χ3n) is 0.271. The minimum atomic E-state index is -0.894. The van der Waals surface area contributed by atoms with Gasteiger partial charge in [0.15, 0.2) is 0 Å². The molecular formula is C4HNO2. The molecule has 0 unspecified atom stereocenters. The van der Waals surface area contributed by atoms with Gasteiger partial charge in [0.1, 0.15) is 0 Å². The van der Waals surface area contributed by atoms with E-state index in [2.05, 4.69) is 11.4 Å². The molecule has 0 aliphatic heterocycles. The highest BCUT2D eigenvalue weighted by atomic mass is 16.2. The molecule has 0 aromatic carbocycles. The van der Waals surface area contributed by atoms with E-state index in [0.717, 1.165) is 6.08 Å². The second-order valence-corrected chi connectivity index (χ2v) is 0.653. The molecule has 7 heavy (non-hydrogen) atoms. The van der Waals surface area contributed by atoms with Gasteiger partial charge in [-0.25, -0.2) is 4.79 Å². The van der Waals surface area contributed by atoms with E-state index in [4.69, 9.17) is 4.79 Å². The van der Waals surface area contributed by atoms with Crippen molar-refractivity contribution in [2.75, 3.05) is 0 Å². The summed E-state index contributed by atoms with van der Waals surface area (Å²) in [5.74, 6) is 0.704. The Hall–Kier alpha value is -1.39. The summed E-state index contributed by atoms with van der Waals surface area (Å²) in [6, 6.07) is 0. The van der Waals surface area contributed by atoms with Gasteiger partial charge in [0.05, 0.1) is 0 Å². The molecule has 3 nitrogen and oxygen atoms in total. The summed E-state index contributed by atoms with van der Waals surface area (Å²) >= 11 is 0. The van der Waals surface area contributed by atoms with E-state index in [1.807, 2.05) is 0 Å². The fourth-order valence-electron chi connectivity index (χ4n) is 0.0737. The van der Waals surface area contributed by atoms with Gasteiger partial charge >= 0.3 is 5.91 Å². The van der Waals surface area contributed by atoms with Gasteiger partial charge in [-0.05, 0) is 5.92 Å². The minimum Gasteiger partial charge on any atom is -0.256 e. The summed E-state index contributed by atoms with van der Waals surface area (Å²) in [5, 5.41) is 0. The molecule has 0 aliphatic carbocycles. The zero-order valence-corrected chi connectivity index (χ0v) is 3.34. The number of aliphatic imine (C=N–C) groups is 1. The third-order valence-corrected chi connectivity index (χ3v) is 0.271. The normalized spacial score (nSPS) is 5.57. The first-order valence-corrected chi connectivity index (χ1v) is 1.39. The average molecular weight is 95.1 g/mol. The van der Waals surface area contributed by atoms with Gasteiger partial charge in [-0.15, -0.1) is 11.4 Å². The molecule has 0 rings (SSSR count). The van der Waals surface area contributed by atoms with Crippen LogP contribution in [0.25, 0.3) is 0 Å². The fraction of sp³-hybridized carbons (Fsp3) is 0. The van der Waals surface area contributed by atoms with Crippen LogP contribution in [0, 0.1) is 12.3 Å². The topological polar surface area (TPSA) is 46.5 Å². The standard InChI is InChI=1S/C4HNO2/c1-2-4(7)5-3-6/h1H. The summed E-state index contributed by atoms with van der Waals surface area (Å²) in [6.07, 6.45) is 5.49. The smallest absolute Gasteiger partial charge is 0.256 e. The number of nitrogens with zero attached hydrogens (tertiary/aromatic N) is 1. The van der Waals surface area contributed by atoms with Gasteiger partial charge in [-0.2, -0.15) is 0 Å². The zero-order valence-electron chi connectivity index (χ0n) is 3.34. The Kier molecular flexibility index (Phi) is 2.27. The van der Waals surface area contributed by atoms with Crippen molar-refractivity contribution in [3.8, 4) is 12.3 Å². The molecule has 0 N–H and O–H groups in total. The van der Waals surface area contributed by atoms with E-state index >= 15 is 0 Å². The van der Waals surface area contributed by atoms with Crippen LogP contribution in [0.5, 0.6) is 0 Å². The third kappa shape index (κ3) is 2.41. The summed E-state index contributed by atoms with van der Waals surface area (Å²) in [7, 11) is 0. The first-order chi connectivity index (χ1) is 3.31.